The maximum absolute atomic E-state index is 13.3. The fourth-order valence-corrected chi connectivity index (χ4v) is 4.08. The fourth-order valence-electron chi connectivity index (χ4n) is 2.54. The summed E-state index contributed by atoms with van der Waals surface area (Å²) in [6.45, 7) is 0.570. The zero-order valence-corrected chi connectivity index (χ0v) is 14.8. The summed E-state index contributed by atoms with van der Waals surface area (Å²) in [5, 5.41) is -0.169. The Morgan fingerprint density at radius 3 is 2.27 bits per heavy atom. The van der Waals surface area contributed by atoms with Gasteiger partial charge in [-0.15, -0.1) is 0 Å². The number of rotatable bonds is 4. The number of halogens is 4. The summed E-state index contributed by atoms with van der Waals surface area (Å²) in [5.41, 5.74) is 4.25. The van der Waals surface area contributed by atoms with Crippen molar-refractivity contribution in [3.05, 3.63) is 47.0 Å². The van der Waals surface area contributed by atoms with Gasteiger partial charge in [0.25, 0.3) is 0 Å². The number of benzene rings is 2. The number of hydrogen-bond donors (Lipinski definition) is 2. The van der Waals surface area contributed by atoms with Crippen molar-refractivity contribution in [2.75, 3.05) is 18.9 Å². The predicted molar refractivity (Wildman–Crippen MR) is 91.2 cm³/mol. The first-order valence-corrected chi connectivity index (χ1v) is 9.31. The third-order valence-corrected chi connectivity index (χ3v) is 5.67. The van der Waals surface area contributed by atoms with Gasteiger partial charge in [-0.3, -0.25) is 0 Å². The van der Waals surface area contributed by atoms with E-state index in [2.05, 4.69) is 4.72 Å². The molecule has 0 spiro atoms. The minimum atomic E-state index is -4.66. The Morgan fingerprint density at radius 2 is 1.77 bits per heavy atom. The van der Waals surface area contributed by atoms with Crippen LogP contribution < -0.4 is 10.5 Å². The molecule has 5 nitrogen and oxygen atoms in total. The Balaban J connectivity index is 1.99. The molecule has 2 aromatic rings. The van der Waals surface area contributed by atoms with E-state index in [4.69, 9.17) is 22.1 Å². The van der Waals surface area contributed by atoms with Crippen molar-refractivity contribution >= 4 is 27.3 Å². The first-order valence-electron chi connectivity index (χ1n) is 7.44. The Morgan fingerprint density at radius 1 is 1.15 bits per heavy atom. The summed E-state index contributed by atoms with van der Waals surface area (Å²) in [4.78, 5) is -0.0618. The van der Waals surface area contributed by atoms with Gasteiger partial charge in [0.2, 0.25) is 10.0 Å². The van der Waals surface area contributed by atoms with Gasteiger partial charge in [0.05, 0.1) is 34.7 Å². The van der Waals surface area contributed by atoms with Crippen molar-refractivity contribution in [1.29, 1.82) is 0 Å². The van der Waals surface area contributed by atoms with Gasteiger partial charge >= 0.3 is 6.18 Å². The highest BCUT2D eigenvalue weighted by Crippen LogP contribution is 2.42. The number of ether oxygens (including phenoxy) is 1. The lowest BCUT2D eigenvalue weighted by Gasteiger charge is -2.26. The van der Waals surface area contributed by atoms with Gasteiger partial charge < -0.3 is 10.5 Å². The van der Waals surface area contributed by atoms with Crippen molar-refractivity contribution in [3.8, 4) is 11.1 Å². The van der Waals surface area contributed by atoms with Crippen LogP contribution in [0.25, 0.3) is 11.1 Å². The molecule has 3 rings (SSSR count). The molecule has 0 atom stereocenters. The number of nitrogen functional groups attached to an aromatic ring is 1. The quantitative estimate of drug-likeness (QED) is 0.763. The first-order chi connectivity index (χ1) is 12.1. The summed E-state index contributed by atoms with van der Waals surface area (Å²) < 4.78 is 71.8. The lowest BCUT2D eigenvalue weighted by atomic mass is 9.98. The zero-order chi connectivity index (χ0) is 19.1. The molecule has 26 heavy (non-hydrogen) atoms. The molecule has 1 aliphatic heterocycles. The molecule has 1 saturated heterocycles. The van der Waals surface area contributed by atoms with Crippen LogP contribution in [-0.4, -0.2) is 27.7 Å². The Kier molecular flexibility index (Phi) is 4.91. The number of anilines is 1. The van der Waals surface area contributed by atoms with E-state index in [1.165, 1.54) is 30.3 Å². The topological polar surface area (TPSA) is 81.4 Å². The molecule has 0 aliphatic carbocycles. The van der Waals surface area contributed by atoms with Gasteiger partial charge in [-0.25, -0.2) is 13.1 Å². The lowest BCUT2D eigenvalue weighted by molar-refractivity contribution is -0.137. The maximum atomic E-state index is 13.3. The van der Waals surface area contributed by atoms with Crippen LogP contribution in [0.5, 0.6) is 0 Å². The third-order valence-electron chi connectivity index (χ3n) is 3.83. The average molecular weight is 407 g/mol. The van der Waals surface area contributed by atoms with Crippen LogP contribution in [-0.2, 0) is 20.9 Å². The fraction of sp³-hybridized carbons (Fsp3) is 0.250. The second kappa shape index (κ2) is 6.73. The van der Waals surface area contributed by atoms with Crippen LogP contribution in [0.15, 0.2) is 41.3 Å². The molecule has 0 unspecified atom stereocenters. The van der Waals surface area contributed by atoms with E-state index in [0.29, 0.717) is 0 Å². The standard InChI is InChI=1S/C16H14ClF3N2O3S/c17-14-6-10(21)5-13(16(18,19)20)15(14)9-1-3-12(4-2-9)26(23,24)22-11-7-25-8-11/h1-6,11,22H,7-8,21H2. The molecule has 1 fully saturated rings. The molecule has 10 heteroatoms. The van der Waals surface area contributed by atoms with Crippen molar-refractivity contribution in [1.82, 2.24) is 4.72 Å². The summed E-state index contributed by atoms with van der Waals surface area (Å²) in [5.74, 6) is 0. The Hall–Kier alpha value is -1.81. The normalized spacial score (nSPS) is 15.7. The molecule has 140 valence electrons. The minimum Gasteiger partial charge on any atom is -0.399 e. The van der Waals surface area contributed by atoms with Gasteiger partial charge in [-0.05, 0) is 29.8 Å². The van der Waals surface area contributed by atoms with E-state index in [-0.39, 0.29) is 46.0 Å². The van der Waals surface area contributed by atoms with Gasteiger partial charge in [0.15, 0.2) is 0 Å². The molecule has 2 aromatic carbocycles. The van der Waals surface area contributed by atoms with E-state index in [1.807, 2.05) is 0 Å². The Labute approximate surface area is 153 Å². The predicted octanol–water partition coefficient (Wildman–Crippen LogP) is 3.29. The van der Waals surface area contributed by atoms with Gasteiger partial charge in [-0.2, -0.15) is 13.2 Å². The zero-order valence-electron chi connectivity index (χ0n) is 13.2. The first kappa shape index (κ1) is 19.0. The van der Waals surface area contributed by atoms with Gasteiger partial charge in [-0.1, -0.05) is 23.7 Å². The molecule has 1 aliphatic rings. The minimum absolute atomic E-state index is 0.0618. The van der Waals surface area contributed by atoms with E-state index in [0.717, 1.165) is 6.07 Å². The summed E-state index contributed by atoms with van der Waals surface area (Å²) in [6.07, 6.45) is -4.66. The third kappa shape index (κ3) is 3.80. The van der Waals surface area contributed by atoms with E-state index >= 15 is 0 Å². The highest BCUT2D eigenvalue weighted by Gasteiger charge is 2.35. The van der Waals surface area contributed by atoms with Gasteiger partial charge in [0.1, 0.15) is 0 Å². The summed E-state index contributed by atoms with van der Waals surface area (Å²) in [7, 11) is -3.78. The van der Waals surface area contributed by atoms with Crippen LogP contribution >= 0.6 is 11.6 Å². The van der Waals surface area contributed by atoms with Crippen LogP contribution in [0.3, 0.4) is 0 Å². The van der Waals surface area contributed by atoms with Crippen LogP contribution in [0.1, 0.15) is 5.56 Å². The second-order valence-electron chi connectivity index (χ2n) is 5.80. The van der Waals surface area contributed by atoms with E-state index < -0.39 is 21.8 Å². The largest absolute Gasteiger partial charge is 0.417 e. The molecular formula is C16H14ClF3N2O3S. The van der Waals surface area contributed by atoms with Crippen molar-refractivity contribution in [3.63, 3.8) is 0 Å². The summed E-state index contributed by atoms with van der Waals surface area (Å²) >= 11 is 5.98. The van der Waals surface area contributed by atoms with Gasteiger partial charge in [0, 0.05) is 11.3 Å². The molecule has 0 aromatic heterocycles. The van der Waals surface area contributed by atoms with E-state index in [1.54, 1.807) is 0 Å². The monoisotopic (exact) mass is 406 g/mol. The second-order valence-corrected chi connectivity index (χ2v) is 7.92. The maximum Gasteiger partial charge on any atom is 0.417 e. The molecular weight excluding hydrogens is 393 g/mol. The molecule has 0 radical (unpaired) electrons. The number of nitrogens with one attached hydrogen (secondary N) is 1. The number of nitrogens with two attached hydrogens (primary N) is 1. The molecule has 0 saturated carbocycles. The van der Waals surface area contributed by atoms with Crippen LogP contribution in [0.4, 0.5) is 18.9 Å². The van der Waals surface area contributed by atoms with Crippen LogP contribution in [0.2, 0.25) is 5.02 Å². The van der Waals surface area contributed by atoms with Crippen molar-refractivity contribution in [2.24, 2.45) is 0 Å². The molecule has 0 amide bonds. The van der Waals surface area contributed by atoms with Crippen molar-refractivity contribution in [2.45, 2.75) is 17.1 Å². The van der Waals surface area contributed by atoms with Crippen LogP contribution in [0, 0.1) is 0 Å². The SMILES string of the molecule is Nc1cc(Cl)c(-c2ccc(S(=O)(=O)NC3COC3)cc2)c(C(F)(F)F)c1. The smallest absolute Gasteiger partial charge is 0.399 e. The number of hydrogen-bond acceptors (Lipinski definition) is 4. The lowest BCUT2D eigenvalue weighted by Crippen LogP contribution is -2.48. The number of alkyl halides is 3. The summed E-state index contributed by atoms with van der Waals surface area (Å²) in [6, 6.07) is 6.72. The highest BCUT2D eigenvalue weighted by molar-refractivity contribution is 7.89. The Bertz CT molecular complexity index is 927. The van der Waals surface area contributed by atoms with Crippen molar-refractivity contribution < 1.29 is 26.3 Å². The molecule has 1 heterocycles. The number of sulfonamides is 1. The highest BCUT2D eigenvalue weighted by atomic mass is 35.5. The molecule has 0 bridgehead atoms. The van der Waals surface area contributed by atoms with E-state index in [9.17, 15) is 21.6 Å². The molecule has 3 N–H and O–H groups in total. The average Bonchev–Trinajstić information content (AvgIpc) is 2.50.